The van der Waals surface area contributed by atoms with Crippen molar-refractivity contribution in [3.63, 3.8) is 0 Å². The lowest BCUT2D eigenvalue weighted by atomic mass is 9.49. The molecule has 0 aliphatic heterocycles. The van der Waals surface area contributed by atoms with Gasteiger partial charge in [0.2, 0.25) is 0 Å². The van der Waals surface area contributed by atoms with Crippen molar-refractivity contribution in [2.45, 2.75) is 187 Å². The Balaban J connectivity index is 2.27. The van der Waals surface area contributed by atoms with Gasteiger partial charge < -0.3 is 14.6 Å². The lowest BCUT2D eigenvalue weighted by Crippen LogP contribution is -2.50. The Morgan fingerprint density at radius 2 is 0.867 bits per heavy atom. The smallest absolute Gasteiger partial charge is 0.335 e. The van der Waals surface area contributed by atoms with Crippen LogP contribution in [0.15, 0.2) is 11.1 Å². The van der Waals surface area contributed by atoms with Gasteiger partial charge in [0.05, 0.1) is 12.2 Å². The first-order valence-corrected chi connectivity index (χ1v) is 19.7. The first kappa shape index (κ1) is 38.1. The molecule has 3 saturated carbocycles. The van der Waals surface area contributed by atoms with E-state index in [0.29, 0.717) is 36.5 Å². The number of carboxylic acid groups (broad SMARTS) is 1. The molecular formula is C40H70O5. The zero-order chi connectivity index (χ0) is 32.2. The first-order chi connectivity index (χ1) is 22.0. The lowest BCUT2D eigenvalue weighted by molar-refractivity contribution is -0.146. The van der Waals surface area contributed by atoms with E-state index in [9.17, 15) is 14.7 Å². The Bertz CT molecular complexity index is 768. The molecule has 5 nitrogen and oxygen atoms in total. The van der Waals surface area contributed by atoms with E-state index in [1.165, 1.54) is 135 Å². The van der Waals surface area contributed by atoms with E-state index >= 15 is 0 Å². The number of esters is 1. The molecule has 0 bridgehead atoms. The van der Waals surface area contributed by atoms with Crippen LogP contribution in [0, 0.1) is 23.2 Å². The Labute approximate surface area is 277 Å². The Morgan fingerprint density at radius 1 is 0.556 bits per heavy atom. The van der Waals surface area contributed by atoms with Crippen LogP contribution in [0.2, 0.25) is 0 Å². The highest BCUT2D eigenvalue weighted by molar-refractivity contribution is 6.00. The topological polar surface area (TPSA) is 72.8 Å². The van der Waals surface area contributed by atoms with E-state index in [4.69, 9.17) is 9.47 Å². The number of aliphatic carboxylic acids is 1. The van der Waals surface area contributed by atoms with Crippen molar-refractivity contribution in [1.82, 2.24) is 0 Å². The third-order valence-corrected chi connectivity index (χ3v) is 11.8. The van der Waals surface area contributed by atoms with Gasteiger partial charge in [-0.1, -0.05) is 135 Å². The fourth-order valence-corrected chi connectivity index (χ4v) is 9.65. The molecule has 3 rings (SSSR count). The molecule has 5 heteroatoms. The molecule has 3 fully saturated rings. The molecule has 0 spiro atoms. The average Bonchev–Trinajstić information content (AvgIpc) is 3.05. The normalized spacial score (nSPS) is 23.0. The van der Waals surface area contributed by atoms with Gasteiger partial charge in [-0.3, -0.25) is 0 Å². The highest BCUT2D eigenvalue weighted by Gasteiger charge is 2.55. The second-order valence-corrected chi connectivity index (χ2v) is 14.8. The van der Waals surface area contributed by atoms with Crippen LogP contribution in [0.25, 0.3) is 0 Å². The Morgan fingerprint density at radius 3 is 1.16 bits per heavy atom. The van der Waals surface area contributed by atoms with E-state index in [2.05, 4.69) is 0 Å². The first-order valence-electron chi connectivity index (χ1n) is 19.7. The molecule has 0 unspecified atom stereocenters. The number of ether oxygens (including phenoxy) is 2. The molecule has 0 radical (unpaired) electrons. The summed E-state index contributed by atoms with van der Waals surface area (Å²) < 4.78 is 11.6. The van der Waals surface area contributed by atoms with Gasteiger partial charge in [-0.05, 0) is 70.1 Å². The molecule has 0 atom stereocenters. The SMILES string of the molecule is CCOCCOC(=O)C(=C(C)C(=O)O)C(C1CCCCCCCCC1)(C1CCCCCCCCC1)C1CCCCCCCCC1. The molecule has 0 aromatic rings. The number of carboxylic acids is 1. The fourth-order valence-electron chi connectivity index (χ4n) is 9.65. The zero-order valence-corrected chi connectivity index (χ0v) is 29.5. The van der Waals surface area contributed by atoms with Crippen LogP contribution in [0.3, 0.4) is 0 Å². The van der Waals surface area contributed by atoms with Crippen LogP contribution >= 0.6 is 0 Å². The number of carbonyl (C=O) groups excluding carboxylic acids is 1. The molecule has 0 saturated heterocycles. The molecule has 45 heavy (non-hydrogen) atoms. The Hall–Kier alpha value is -1.36. The standard InChI is InChI=1S/C40H70O5/c1-3-44-31-32-45-39(43)37(33(2)38(41)42)40(34-25-19-13-7-4-8-14-20-26-34,35-27-21-15-9-5-10-16-22-28-35)36-29-23-17-11-6-12-18-24-30-36/h34-36H,3-32H2,1-2H3,(H,41,42). The largest absolute Gasteiger partial charge is 0.478 e. The summed E-state index contributed by atoms with van der Waals surface area (Å²) in [5, 5.41) is 10.7. The van der Waals surface area contributed by atoms with Crippen molar-refractivity contribution >= 4 is 11.9 Å². The second kappa shape index (κ2) is 22.3. The van der Waals surface area contributed by atoms with Gasteiger partial charge >= 0.3 is 11.9 Å². The molecule has 0 heterocycles. The summed E-state index contributed by atoms with van der Waals surface area (Å²) in [5.41, 5.74) is 0.364. The maximum atomic E-state index is 14.7. The third-order valence-electron chi connectivity index (χ3n) is 11.8. The predicted octanol–water partition coefficient (Wildman–Crippen LogP) is 11.4. The van der Waals surface area contributed by atoms with Gasteiger partial charge in [-0.15, -0.1) is 0 Å². The van der Waals surface area contributed by atoms with E-state index in [0.717, 1.165) is 38.5 Å². The van der Waals surface area contributed by atoms with Crippen LogP contribution in [0.5, 0.6) is 0 Å². The van der Waals surface area contributed by atoms with Gasteiger partial charge in [0.15, 0.2) is 0 Å². The van der Waals surface area contributed by atoms with Crippen LogP contribution in [0.4, 0.5) is 0 Å². The predicted molar refractivity (Wildman–Crippen MR) is 185 cm³/mol. The van der Waals surface area contributed by atoms with Crippen molar-refractivity contribution in [3.8, 4) is 0 Å². The van der Waals surface area contributed by atoms with Crippen LogP contribution in [-0.2, 0) is 19.1 Å². The van der Waals surface area contributed by atoms with Crippen molar-refractivity contribution in [3.05, 3.63) is 11.1 Å². The third kappa shape index (κ3) is 12.0. The molecule has 3 aliphatic carbocycles. The summed E-state index contributed by atoms with van der Waals surface area (Å²) in [4.78, 5) is 27.8. The van der Waals surface area contributed by atoms with Crippen LogP contribution in [0.1, 0.15) is 187 Å². The molecule has 1 N–H and O–H groups in total. The van der Waals surface area contributed by atoms with E-state index < -0.39 is 11.4 Å². The monoisotopic (exact) mass is 631 g/mol. The minimum absolute atomic E-state index is 0.180. The van der Waals surface area contributed by atoms with Crippen molar-refractivity contribution in [2.75, 3.05) is 19.8 Å². The minimum atomic E-state index is -0.948. The van der Waals surface area contributed by atoms with Crippen LogP contribution < -0.4 is 0 Å². The summed E-state index contributed by atoms with van der Waals surface area (Å²) in [5.74, 6) is -0.350. The highest BCUT2D eigenvalue weighted by Crippen LogP contribution is 2.59. The molecule has 260 valence electrons. The van der Waals surface area contributed by atoms with E-state index in [1.54, 1.807) is 6.92 Å². The molecule has 0 aromatic heterocycles. The number of hydrogen-bond acceptors (Lipinski definition) is 4. The maximum absolute atomic E-state index is 14.7. The lowest BCUT2D eigenvalue weighted by Gasteiger charge is -2.54. The molecular weight excluding hydrogens is 560 g/mol. The zero-order valence-electron chi connectivity index (χ0n) is 29.5. The minimum Gasteiger partial charge on any atom is -0.478 e. The summed E-state index contributed by atoms with van der Waals surface area (Å²) >= 11 is 0. The quantitative estimate of drug-likeness (QED) is 0.148. The Kier molecular flexibility index (Phi) is 18.8. The second-order valence-electron chi connectivity index (χ2n) is 14.8. The highest BCUT2D eigenvalue weighted by atomic mass is 16.6. The van der Waals surface area contributed by atoms with Crippen LogP contribution in [-0.4, -0.2) is 36.9 Å². The summed E-state index contributed by atoms with van der Waals surface area (Å²) in [6, 6.07) is 0. The van der Waals surface area contributed by atoms with Crippen molar-refractivity contribution < 1.29 is 24.2 Å². The average molecular weight is 631 g/mol. The van der Waals surface area contributed by atoms with Gasteiger partial charge in [-0.2, -0.15) is 0 Å². The van der Waals surface area contributed by atoms with E-state index in [1.807, 2.05) is 6.92 Å². The van der Waals surface area contributed by atoms with Gasteiger partial charge in [0, 0.05) is 17.6 Å². The van der Waals surface area contributed by atoms with E-state index in [-0.39, 0.29) is 18.1 Å². The van der Waals surface area contributed by atoms with Crippen molar-refractivity contribution in [2.24, 2.45) is 23.2 Å². The fraction of sp³-hybridized carbons (Fsp3) is 0.900. The molecule has 3 aliphatic rings. The molecule has 0 aromatic carbocycles. The number of rotatable bonds is 10. The van der Waals surface area contributed by atoms with Gasteiger partial charge in [0.25, 0.3) is 0 Å². The number of carbonyl (C=O) groups is 2. The van der Waals surface area contributed by atoms with Gasteiger partial charge in [-0.25, -0.2) is 9.59 Å². The van der Waals surface area contributed by atoms with Gasteiger partial charge in [0.1, 0.15) is 6.61 Å². The maximum Gasteiger partial charge on any atom is 0.335 e. The summed E-state index contributed by atoms with van der Waals surface area (Å²) in [6.45, 7) is 4.79. The summed E-state index contributed by atoms with van der Waals surface area (Å²) in [6.07, 6.45) is 33.0. The number of hydrogen-bond donors (Lipinski definition) is 1. The van der Waals surface area contributed by atoms with Crippen molar-refractivity contribution in [1.29, 1.82) is 0 Å². The summed E-state index contributed by atoms with van der Waals surface area (Å²) in [7, 11) is 0. The molecule has 0 amide bonds.